The van der Waals surface area contributed by atoms with Gasteiger partial charge in [0.15, 0.2) is 6.29 Å². The van der Waals surface area contributed by atoms with E-state index in [0.717, 1.165) is 12.2 Å². The summed E-state index contributed by atoms with van der Waals surface area (Å²) < 4.78 is 21.3. The summed E-state index contributed by atoms with van der Waals surface area (Å²) in [7, 11) is 0. The fourth-order valence-corrected chi connectivity index (χ4v) is 6.39. The minimum Gasteiger partial charge on any atom is -0.481 e. The van der Waals surface area contributed by atoms with E-state index in [1.165, 1.54) is 44.3 Å². The molecule has 1 fully saturated rings. The monoisotopic (exact) mass is 683 g/mol. The van der Waals surface area contributed by atoms with E-state index in [0.29, 0.717) is 3.53 Å². The van der Waals surface area contributed by atoms with E-state index >= 15 is 0 Å². The summed E-state index contributed by atoms with van der Waals surface area (Å²) in [6, 6.07) is 1.99. The lowest BCUT2D eigenvalue weighted by Crippen LogP contribution is -2.58. The number of aliphatic carboxylic acids is 1. The van der Waals surface area contributed by atoms with Gasteiger partial charge in [-0.3, -0.25) is 19.2 Å². The smallest absolute Gasteiger partial charge is 0.310 e. The van der Waals surface area contributed by atoms with E-state index in [1.54, 1.807) is 0 Å². The Kier molecular flexibility index (Phi) is 17.7. The molecule has 17 heteroatoms. The molecule has 0 amide bonds. The first-order valence-corrected chi connectivity index (χ1v) is 16.2. The molecular weight excluding hydrogens is 642 g/mol. The van der Waals surface area contributed by atoms with Gasteiger partial charge in [0, 0.05) is 19.1 Å². The van der Waals surface area contributed by atoms with Crippen LogP contribution in [0.3, 0.4) is 0 Å². The maximum Gasteiger partial charge on any atom is 0.310 e. The summed E-state index contributed by atoms with van der Waals surface area (Å²) in [5.74, 6) is -5.26. The quantitative estimate of drug-likeness (QED) is 0.0818. The summed E-state index contributed by atoms with van der Waals surface area (Å²) in [4.78, 5) is 49.4. The van der Waals surface area contributed by atoms with Crippen LogP contribution in [0.4, 0.5) is 0 Å². The molecule has 14 nitrogen and oxygen atoms in total. The molecule has 1 saturated heterocycles. The molecule has 5 N–H and O–H groups in total. The molecule has 0 aromatic heterocycles. The molecular formula is C27H41NO13S3. The number of carbonyl (C=O) groups is 4. The molecule has 0 aliphatic carbocycles. The number of hydrogen-bond donors (Lipinski definition) is 5. The van der Waals surface area contributed by atoms with Crippen LogP contribution in [0.2, 0.25) is 0 Å². The van der Waals surface area contributed by atoms with Crippen molar-refractivity contribution in [2.75, 3.05) is 24.7 Å². The van der Waals surface area contributed by atoms with Gasteiger partial charge in [-0.25, -0.2) is 0 Å². The zero-order chi connectivity index (χ0) is 33.6. The van der Waals surface area contributed by atoms with Crippen LogP contribution in [-0.4, -0.2) is 114 Å². The highest BCUT2D eigenvalue weighted by atomic mass is 32.2. The second-order valence-electron chi connectivity index (χ2n) is 10.5. The number of thioether (sulfide) groups is 2. The van der Waals surface area contributed by atoms with E-state index < -0.39 is 91.0 Å². The van der Waals surface area contributed by atoms with Gasteiger partial charge in [-0.2, -0.15) is 5.26 Å². The van der Waals surface area contributed by atoms with Gasteiger partial charge in [0.05, 0.1) is 23.3 Å². The molecule has 0 radical (unpaired) electrons. The predicted octanol–water partition coefficient (Wildman–Crippen LogP) is 1.00. The Balaban J connectivity index is 3.28. The lowest BCUT2D eigenvalue weighted by Gasteiger charge is -2.38. The number of hydrogen-bond acceptors (Lipinski definition) is 16. The average Bonchev–Trinajstić information content (AvgIpc) is 2.97. The third-order valence-electron chi connectivity index (χ3n) is 6.75. The number of aliphatic hydroxyl groups is 4. The third-order valence-corrected chi connectivity index (χ3v) is 9.82. The number of esters is 3. The Morgan fingerprint density at radius 2 is 1.73 bits per heavy atom. The van der Waals surface area contributed by atoms with Crippen LogP contribution in [0, 0.1) is 28.6 Å². The van der Waals surface area contributed by atoms with Gasteiger partial charge in [0.2, 0.25) is 0 Å². The fraction of sp³-hybridized carbons (Fsp3) is 0.778. The van der Waals surface area contributed by atoms with Crippen molar-refractivity contribution in [2.45, 2.75) is 90.2 Å². The van der Waals surface area contributed by atoms with Crippen molar-refractivity contribution in [3.05, 3.63) is 0 Å². The lowest BCUT2D eigenvalue weighted by atomic mass is 9.71. The number of carboxylic acids is 1. The zero-order valence-corrected chi connectivity index (χ0v) is 27.4. The van der Waals surface area contributed by atoms with Gasteiger partial charge in [0.25, 0.3) is 0 Å². The molecule has 9 atom stereocenters. The van der Waals surface area contributed by atoms with Gasteiger partial charge in [-0.1, -0.05) is 19.1 Å². The van der Waals surface area contributed by atoms with Crippen LogP contribution in [0.25, 0.3) is 0 Å². The van der Waals surface area contributed by atoms with E-state index in [9.17, 15) is 50.0 Å². The molecule has 1 aliphatic rings. The molecule has 0 saturated carbocycles. The van der Waals surface area contributed by atoms with E-state index in [-0.39, 0.29) is 25.2 Å². The molecule has 1 rings (SSSR count). The maximum atomic E-state index is 13.5. The van der Waals surface area contributed by atoms with Crippen molar-refractivity contribution >= 4 is 63.1 Å². The number of thiocarbonyl (C=S) groups is 1. The molecule has 6 unspecified atom stereocenters. The van der Waals surface area contributed by atoms with Crippen LogP contribution in [0.15, 0.2) is 0 Å². The lowest BCUT2D eigenvalue weighted by molar-refractivity contribution is -0.287. The molecule has 44 heavy (non-hydrogen) atoms. The van der Waals surface area contributed by atoms with Gasteiger partial charge in [0.1, 0.15) is 47.3 Å². The molecule has 1 heterocycles. The summed E-state index contributed by atoms with van der Waals surface area (Å²) in [6.07, 6.45) is -9.68. The van der Waals surface area contributed by atoms with Crippen LogP contribution in [0.5, 0.6) is 0 Å². The van der Waals surface area contributed by atoms with E-state index in [2.05, 4.69) is 0 Å². The highest BCUT2D eigenvalue weighted by Crippen LogP contribution is 2.39. The number of nitriles is 1. The van der Waals surface area contributed by atoms with Gasteiger partial charge < -0.3 is 44.5 Å². The SMILES string of the molecule is CCCSC(=S)SCC(CC(C(=O)OCC1O[C@H](O)C(O)[C@@H](O)[C@@H]1O)C(C)(C#N)CCC(=O)O)C(=O)OCC(C)OC(C)=O. The van der Waals surface area contributed by atoms with Crippen LogP contribution in [0.1, 0.15) is 53.4 Å². The average molecular weight is 684 g/mol. The summed E-state index contributed by atoms with van der Waals surface area (Å²) in [5, 5.41) is 59.0. The fourth-order valence-electron chi connectivity index (χ4n) is 4.17. The number of aliphatic hydroxyl groups excluding tert-OH is 4. The van der Waals surface area contributed by atoms with Crippen LogP contribution >= 0.6 is 35.7 Å². The molecule has 1 aliphatic heterocycles. The third kappa shape index (κ3) is 13.1. The Bertz CT molecular complexity index is 1040. The Morgan fingerprint density at radius 1 is 1.07 bits per heavy atom. The molecule has 250 valence electrons. The number of carboxylic acid groups (broad SMARTS) is 1. The van der Waals surface area contributed by atoms with Crippen molar-refractivity contribution in [3.8, 4) is 6.07 Å². The van der Waals surface area contributed by atoms with Crippen molar-refractivity contribution in [2.24, 2.45) is 17.3 Å². The maximum absolute atomic E-state index is 13.5. The Hall–Kier alpha value is -2.04. The molecule has 0 aromatic carbocycles. The highest BCUT2D eigenvalue weighted by molar-refractivity contribution is 8.47. The number of rotatable bonds is 17. The van der Waals surface area contributed by atoms with Crippen molar-refractivity contribution in [1.82, 2.24) is 0 Å². The van der Waals surface area contributed by atoms with Gasteiger partial charge in [-0.15, -0.1) is 23.5 Å². The normalized spacial score (nSPS) is 24.9. The number of ether oxygens (including phenoxy) is 4. The Labute approximate surface area is 269 Å². The summed E-state index contributed by atoms with van der Waals surface area (Å²) in [6.45, 7) is 5.05. The van der Waals surface area contributed by atoms with E-state index in [4.69, 9.17) is 31.2 Å². The number of nitrogens with zero attached hydrogens (tertiary/aromatic N) is 1. The van der Waals surface area contributed by atoms with E-state index in [1.807, 2.05) is 13.0 Å². The first kappa shape index (κ1) is 40.0. The highest BCUT2D eigenvalue weighted by Gasteiger charge is 2.46. The minimum atomic E-state index is -1.88. The van der Waals surface area contributed by atoms with Crippen molar-refractivity contribution in [1.29, 1.82) is 5.26 Å². The molecule has 0 spiro atoms. The van der Waals surface area contributed by atoms with Crippen LogP contribution < -0.4 is 0 Å². The van der Waals surface area contributed by atoms with Crippen molar-refractivity contribution in [3.63, 3.8) is 0 Å². The van der Waals surface area contributed by atoms with Gasteiger partial charge in [-0.05, 0) is 38.9 Å². The molecule has 0 bridgehead atoms. The van der Waals surface area contributed by atoms with Crippen LogP contribution in [-0.2, 0) is 38.1 Å². The first-order valence-electron chi connectivity index (χ1n) is 13.9. The molecule has 0 aromatic rings. The number of carbonyl (C=O) groups excluding carboxylic acids is 3. The summed E-state index contributed by atoms with van der Waals surface area (Å²) >= 11 is 7.95. The standard InChI is InChI=1S/C27H41NO13S3/c1-5-8-43-26(42)44-12-16(23(35)38-10-14(2)40-15(3)29)9-17(27(4,13-28)7-6-19(30)31)24(36)39-11-18-20(32)21(33)22(34)25(37)41-18/h14,16-18,20-22,25,32-34,37H,5-12H2,1-4H3,(H,30,31)/t14?,16?,17?,18?,20-,21+,22?,25+,27?/m1/s1. The predicted molar refractivity (Wildman–Crippen MR) is 162 cm³/mol. The largest absolute Gasteiger partial charge is 0.481 e. The van der Waals surface area contributed by atoms with Gasteiger partial charge >= 0.3 is 23.9 Å². The summed E-state index contributed by atoms with van der Waals surface area (Å²) in [5.41, 5.74) is -1.65. The second kappa shape index (κ2) is 19.5. The Morgan fingerprint density at radius 3 is 2.30 bits per heavy atom. The van der Waals surface area contributed by atoms with Crippen molar-refractivity contribution < 1.29 is 63.7 Å². The first-order chi connectivity index (χ1) is 20.6. The topological polar surface area (TPSA) is 230 Å². The zero-order valence-electron chi connectivity index (χ0n) is 24.9. The minimum absolute atomic E-state index is 0.0429. The second-order valence-corrected chi connectivity index (χ2v) is 13.9.